The monoisotopic (exact) mass is 261 g/mol. The van der Waals surface area contributed by atoms with E-state index in [1.807, 2.05) is 6.07 Å². The second-order valence-corrected chi connectivity index (χ2v) is 4.56. The molecule has 16 heavy (non-hydrogen) atoms. The second-order valence-electron chi connectivity index (χ2n) is 3.74. The molecular formula is C11H10Cl2FNO. The zero-order valence-electron chi connectivity index (χ0n) is 8.76. The van der Waals surface area contributed by atoms with Crippen LogP contribution in [0.5, 0.6) is 0 Å². The van der Waals surface area contributed by atoms with E-state index < -0.39 is 17.3 Å². The zero-order valence-corrected chi connectivity index (χ0v) is 10.3. The first kappa shape index (κ1) is 13.2. The number of benzene rings is 1. The van der Waals surface area contributed by atoms with E-state index >= 15 is 0 Å². The molecule has 1 aromatic carbocycles. The van der Waals surface area contributed by atoms with Gasteiger partial charge in [-0.2, -0.15) is 5.26 Å². The highest BCUT2D eigenvalue weighted by Crippen LogP contribution is 2.36. The van der Waals surface area contributed by atoms with Gasteiger partial charge in [0.1, 0.15) is 11.4 Å². The lowest BCUT2D eigenvalue weighted by atomic mass is 9.85. The summed E-state index contributed by atoms with van der Waals surface area (Å²) in [7, 11) is 0. The molecule has 0 saturated heterocycles. The number of nitriles is 1. The van der Waals surface area contributed by atoms with Gasteiger partial charge >= 0.3 is 0 Å². The van der Waals surface area contributed by atoms with E-state index in [4.69, 9.17) is 28.5 Å². The number of halogens is 3. The summed E-state index contributed by atoms with van der Waals surface area (Å²) in [6.07, 6.45) is 0. The molecule has 0 aromatic heterocycles. The van der Waals surface area contributed by atoms with Crippen molar-refractivity contribution in [3.8, 4) is 6.07 Å². The summed E-state index contributed by atoms with van der Waals surface area (Å²) < 4.78 is 13.3. The Balaban J connectivity index is 3.34. The molecule has 0 aliphatic rings. The molecule has 2 unspecified atom stereocenters. The van der Waals surface area contributed by atoms with Crippen molar-refractivity contribution in [1.29, 1.82) is 5.26 Å². The predicted octanol–water partition coefficient (Wildman–Crippen LogP) is 3.50. The van der Waals surface area contributed by atoms with E-state index in [-0.39, 0.29) is 15.6 Å². The third kappa shape index (κ3) is 2.30. The Hall–Kier alpha value is -0.820. The van der Waals surface area contributed by atoms with Gasteiger partial charge in [0.2, 0.25) is 0 Å². The molecule has 2 atom stereocenters. The number of hydrogen-bond acceptors (Lipinski definition) is 2. The number of hydrogen-bond donors (Lipinski definition) is 1. The normalized spacial score (nSPS) is 16.3. The largest absolute Gasteiger partial charge is 0.384 e. The Morgan fingerprint density at radius 1 is 1.44 bits per heavy atom. The molecule has 86 valence electrons. The van der Waals surface area contributed by atoms with E-state index in [1.165, 1.54) is 19.9 Å². The summed E-state index contributed by atoms with van der Waals surface area (Å²) in [5, 5.41) is 18.9. The standard InChI is InChI=1S/C11H10Cl2FNO/c1-6(5-15)11(2,16)7-3-10(14)9(13)4-8(7)12/h3-4,6,16H,1-2H3. The first-order chi connectivity index (χ1) is 7.30. The van der Waals surface area contributed by atoms with Crippen molar-refractivity contribution in [2.45, 2.75) is 19.4 Å². The molecule has 0 aliphatic carbocycles. The van der Waals surface area contributed by atoms with Gasteiger partial charge in [-0.25, -0.2) is 4.39 Å². The van der Waals surface area contributed by atoms with Crippen LogP contribution in [0.2, 0.25) is 10.0 Å². The topological polar surface area (TPSA) is 44.0 Å². The van der Waals surface area contributed by atoms with E-state index in [0.29, 0.717) is 0 Å². The lowest BCUT2D eigenvalue weighted by Gasteiger charge is -2.27. The molecular weight excluding hydrogens is 252 g/mol. The van der Waals surface area contributed by atoms with Crippen LogP contribution in [-0.4, -0.2) is 5.11 Å². The maximum atomic E-state index is 13.3. The first-order valence-electron chi connectivity index (χ1n) is 4.57. The molecule has 5 heteroatoms. The number of rotatable bonds is 2. The predicted molar refractivity (Wildman–Crippen MR) is 60.8 cm³/mol. The van der Waals surface area contributed by atoms with Gasteiger partial charge < -0.3 is 5.11 Å². The third-order valence-corrected chi connectivity index (χ3v) is 3.19. The van der Waals surface area contributed by atoms with Gasteiger partial charge in [0.15, 0.2) is 0 Å². The lowest BCUT2D eigenvalue weighted by molar-refractivity contribution is 0.0231. The fraction of sp³-hybridized carbons (Fsp3) is 0.364. The quantitative estimate of drug-likeness (QED) is 0.829. The minimum absolute atomic E-state index is 0.117. The Morgan fingerprint density at radius 2 is 2.00 bits per heavy atom. The van der Waals surface area contributed by atoms with Crippen LogP contribution >= 0.6 is 23.2 Å². The summed E-state index contributed by atoms with van der Waals surface area (Å²) in [4.78, 5) is 0. The second kappa shape index (κ2) is 4.58. The minimum Gasteiger partial charge on any atom is -0.384 e. The summed E-state index contributed by atoms with van der Waals surface area (Å²) >= 11 is 11.4. The molecule has 0 heterocycles. The molecule has 0 aliphatic heterocycles. The fourth-order valence-electron chi connectivity index (χ4n) is 1.27. The van der Waals surface area contributed by atoms with Crippen LogP contribution < -0.4 is 0 Å². The maximum Gasteiger partial charge on any atom is 0.142 e. The van der Waals surface area contributed by atoms with Crippen molar-refractivity contribution in [2.24, 2.45) is 5.92 Å². The molecule has 0 amide bonds. The number of aliphatic hydroxyl groups is 1. The van der Waals surface area contributed by atoms with Crippen molar-refractivity contribution in [3.05, 3.63) is 33.6 Å². The summed E-state index contributed by atoms with van der Waals surface area (Å²) in [5.41, 5.74) is -1.36. The molecule has 0 fully saturated rings. The molecule has 0 radical (unpaired) electrons. The van der Waals surface area contributed by atoms with E-state index in [2.05, 4.69) is 0 Å². The summed E-state index contributed by atoms with van der Waals surface area (Å²) in [6.45, 7) is 2.94. The van der Waals surface area contributed by atoms with Crippen molar-refractivity contribution in [1.82, 2.24) is 0 Å². The van der Waals surface area contributed by atoms with Gasteiger partial charge in [0.25, 0.3) is 0 Å². The van der Waals surface area contributed by atoms with Gasteiger partial charge in [0, 0.05) is 10.6 Å². The number of nitrogens with zero attached hydrogens (tertiary/aromatic N) is 1. The summed E-state index contributed by atoms with van der Waals surface area (Å²) in [5.74, 6) is -1.39. The van der Waals surface area contributed by atoms with E-state index in [0.717, 1.165) is 6.07 Å². The third-order valence-electron chi connectivity index (χ3n) is 2.59. The van der Waals surface area contributed by atoms with Crippen molar-refractivity contribution < 1.29 is 9.50 Å². The highest BCUT2D eigenvalue weighted by atomic mass is 35.5. The minimum atomic E-state index is -1.52. The van der Waals surface area contributed by atoms with Crippen LogP contribution in [0.3, 0.4) is 0 Å². The smallest absolute Gasteiger partial charge is 0.142 e. The SMILES string of the molecule is CC(C#N)C(C)(O)c1cc(F)c(Cl)cc1Cl. The van der Waals surface area contributed by atoms with Crippen LogP contribution in [-0.2, 0) is 5.60 Å². The molecule has 0 spiro atoms. The molecule has 0 bridgehead atoms. The van der Waals surface area contributed by atoms with Crippen LogP contribution in [0.1, 0.15) is 19.4 Å². The van der Waals surface area contributed by atoms with Crippen molar-refractivity contribution in [2.75, 3.05) is 0 Å². The Labute approximate surface area is 103 Å². The fourth-order valence-corrected chi connectivity index (χ4v) is 1.84. The van der Waals surface area contributed by atoms with Crippen LogP contribution in [0.25, 0.3) is 0 Å². The lowest BCUT2D eigenvalue weighted by Crippen LogP contribution is -2.29. The molecule has 1 aromatic rings. The molecule has 1 N–H and O–H groups in total. The van der Waals surface area contributed by atoms with Gasteiger partial charge in [0.05, 0.1) is 17.0 Å². The molecule has 0 saturated carbocycles. The highest BCUT2D eigenvalue weighted by molar-refractivity contribution is 6.35. The van der Waals surface area contributed by atoms with Crippen LogP contribution in [0.15, 0.2) is 12.1 Å². The van der Waals surface area contributed by atoms with Crippen LogP contribution in [0.4, 0.5) is 4.39 Å². The van der Waals surface area contributed by atoms with Gasteiger partial charge in [-0.05, 0) is 26.0 Å². The molecule has 2 nitrogen and oxygen atoms in total. The van der Waals surface area contributed by atoms with Crippen molar-refractivity contribution >= 4 is 23.2 Å². The first-order valence-corrected chi connectivity index (χ1v) is 5.33. The Bertz CT molecular complexity index is 454. The van der Waals surface area contributed by atoms with Crippen molar-refractivity contribution in [3.63, 3.8) is 0 Å². The Morgan fingerprint density at radius 3 is 2.50 bits per heavy atom. The maximum absolute atomic E-state index is 13.3. The average Bonchev–Trinajstić information content (AvgIpc) is 2.21. The highest BCUT2D eigenvalue weighted by Gasteiger charge is 2.33. The van der Waals surface area contributed by atoms with E-state index in [9.17, 15) is 9.50 Å². The molecule has 1 rings (SSSR count). The van der Waals surface area contributed by atoms with Gasteiger partial charge in [-0.1, -0.05) is 23.2 Å². The Kier molecular flexibility index (Phi) is 3.80. The summed E-state index contributed by atoms with van der Waals surface area (Å²) in [6, 6.07) is 4.17. The zero-order chi connectivity index (χ0) is 12.5. The van der Waals surface area contributed by atoms with E-state index in [1.54, 1.807) is 0 Å². The average molecular weight is 262 g/mol. The van der Waals surface area contributed by atoms with Crippen LogP contribution in [0, 0.1) is 23.1 Å². The van der Waals surface area contributed by atoms with Gasteiger partial charge in [-0.15, -0.1) is 0 Å². The van der Waals surface area contributed by atoms with Gasteiger partial charge in [-0.3, -0.25) is 0 Å².